The van der Waals surface area contributed by atoms with Crippen LogP contribution < -0.4 is 5.73 Å². The Bertz CT molecular complexity index is 512. The third-order valence-corrected chi connectivity index (χ3v) is 4.72. The maximum absolute atomic E-state index is 6.16. The Balaban J connectivity index is 2.13. The fourth-order valence-corrected chi connectivity index (χ4v) is 3.54. The van der Waals surface area contributed by atoms with Crippen LogP contribution in [0.4, 0.5) is 0 Å². The summed E-state index contributed by atoms with van der Waals surface area (Å²) in [6.45, 7) is 4.05. The van der Waals surface area contributed by atoms with Crippen LogP contribution in [0.15, 0.2) is 46.3 Å². The van der Waals surface area contributed by atoms with Gasteiger partial charge in [0, 0.05) is 20.8 Å². The molecule has 102 valence electrons. The Kier molecular flexibility index (Phi) is 5.16. The van der Waals surface area contributed by atoms with E-state index in [-0.39, 0.29) is 18.2 Å². The number of halogens is 1. The van der Waals surface area contributed by atoms with E-state index in [1.165, 1.54) is 5.56 Å². The molecule has 2 N–H and O–H groups in total. The van der Waals surface area contributed by atoms with Gasteiger partial charge in [-0.15, -0.1) is 11.3 Å². The molecule has 4 heteroatoms. The highest BCUT2D eigenvalue weighted by molar-refractivity contribution is 9.10. The van der Waals surface area contributed by atoms with Crippen molar-refractivity contribution in [3.8, 4) is 0 Å². The van der Waals surface area contributed by atoms with Crippen molar-refractivity contribution in [3.05, 3.63) is 56.7 Å². The standard InChI is InChI=1S/C15H18BrNOS/c1-10(17)15(14-8-13(16)9-19-14)18-11(2)12-6-4-3-5-7-12/h3-11,15H,17H2,1-2H3. The van der Waals surface area contributed by atoms with Gasteiger partial charge in [0.1, 0.15) is 6.10 Å². The molecule has 0 spiro atoms. The molecule has 1 aromatic heterocycles. The third kappa shape index (κ3) is 3.89. The average Bonchev–Trinajstić information content (AvgIpc) is 2.82. The van der Waals surface area contributed by atoms with Crippen molar-refractivity contribution in [2.75, 3.05) is 0 Å². The smallest absolute Gasteiger partial charge is 0.107 e. The fourth-order valence-electron chi connectivity index (χ4n) is 1.95. The van der Waals surface area contributed by atoms with Crippen LogP contribution >= 0.6 is 27.3 Å². The molecule has 2 nitrogen and oxygen atoms in total. The molecule has 0 saturated carbocycles. The van der Waals surface area contributed by atoms with E-state index in [0.717, 1.165) is 9.35 Å². The highest BCUT2D eigenvalue weighted by Gasteiger charge is 2.22. The first-order valence-corrected chi connectivity index (χ1v) is 7.95. The summed E-state index contributed by atoms with van der Waals surface area (Å²) in [4.78, 5) is 1.16. The molecule has 1 aromatic carbocycles. The largest absolute Gasteiger partial charge is 0.363 e. The first kappa shape index (κ1) is 14.7. The number of hydrogen-bond acceptors (Lipinski definition) is 3. The van der Waals surface area contributed by atoms with E-state index in [1.807, 2.05) is 25.1 Å². The Labute approximate surface area is 126 Å². The Hall–Kier alpha value is -0.680. The third-order valence-electron chi connectivity index (χ3n) is 2.97. The molecule has 0 radical (unpaired) electrons. The van der Waals surface area contributed by atoms with E-state index in [9.17, 15) is 0 Å². The Morgan fingerprint density at radius 1 is 1.21 bits per heavy atom. The van der Waals surface area contributed by atoms with E-state index in [1.54, 1.807) is 11.3 Å². The topological polar surface area (TPSA) is 35.2 Å². The number of benzene rings is 1. The van der Waals surface area contributed by atoms with Crippen LogP contribution in [-0.4, -0.2) is 6.04 Å². The quantitative estimate of drug-likeness (QED) is 0.858. The van der Waals surface area contributed by atoms with E-state index in [0.29, 0.717) is 0 Å². The molecule has 0 fully saturated rings. The zero-order valence-electron chi connectivity index (χ0n) is 11.0. The summed E-state index contributed by atoms with van der Waals surface area (Å²) >= 11 is 5.15. The lowest BCUT2D eigenvalue weighted by Gasteiger charge is -2.24. The van der Waals surface area contributed by atoms with Crippen molar-refractivity contribution in [1.29, 1.82) is 0 Å². The van der Waals surface area contributed by atoms with Crippen LogP contribution in [0.2, 0.25) is 0 Å². The van der Waals surface area contributed by atoms with E-state index >= 15 is 0 Å². The van der Waals surface area contributed by atoms with Crippen molar-refractivity contribution in [3.63, 3.8) is 0 Å². The molecule has 2 aromatic rings. The lowest BCUT2D eigenvalue weighted by Crippen LogP contribution is -2.27. The summed E-state index contributed by atoms with van der Waals surface area (Å²) in [6, 6.07) is 12.2. The average molecular weight is 340 g/mol. The van der Waals surface area contributed by atoms with E-state index < -0.39 is 0 Å². The second kappa shape index (κ2) is 6.66. The molecule has 0 amide bonds. The van der Waals surface area contributed by atoms with Gasteiger partial charge in [-0.25, -0.2) is 0 Å². The highest BCUT2D eigenvalue weighted by atomic mass is 79.9. The predicted octanol–water partition coefficient (Wildman–Crippen LogP) is 4.68. The molecule has 3 unspecified atom stereocenters. The summed E-state index contributed by atoms with van der Waals surface area (Å²) in [5.41, 5.74) is 7.24. The van der Waals surface area contributed by atoms with Gasteiger partial charge in [-0.05, 0) is 41.4 Å². The van der Waals surface area contributed by atoms with Gasteiger partial charge in [0.2, 0.25) is 0 Å². The Morgan fingerprint density at radius 3 is 2.42 bits per heavy atom. The van der Waals surface area contributed by atoms with Crippen LogP contribution in [0.25, 0.3) is 0 Å². The minimum Gasteiger partial charge on any atom is -0.363 e. The van der Waals surface area contributed by atoms with Gasteiger partial charge in [0.05, 0.1) is 6.10 Å². The van der Waals surface area contributed by atoms with Crippen molar-refractivity contribution < 1.29 is 4.74 Å². The van der Waals surface area contributed by atoms with Crippen LogP contribution in [-0.2, 0) is 4.74 Å². The minimum atomic E-state index is -0.0773. The van der Waals surface area contributed by atoms with Crippen LogP contribution in [0, 0.1) is 0 Å². The van der Waals surface area contributed by atoms with Crippen molar-refractivity contribution in [2.45, 2.75) is 32.1 Å². The maximum Gasteiger partial charge on any atom is 0.107 e. The predicted molar refractivity (Wildman–Crippen MR) is 84.4 cm³/mol. The molecular weight excluding hydrogens is 322 g/mol. The molecule has 0 aliphatic carbocycles. The van der Waals surface area contributed by atoms with Gasteiger partial charge >= 0.3 is 0 Å². The van der Waals surface area contributed by atoms with Crippen molar-refractivity contribution in [1.82, 2.24) is 0 Å². The van der Waals surface area contributed by atoms with Crippen LogP contribution in [0.3, 0.4) is 0 Å². The molecule has 0 aliphatic rings. The fraction of sp³-hybridized carbons (Fsp3) is 0.333. The SMILES string of the molecule is CC(OC(c1cc(Br)cs1)C(C)N)c1ccccc1. The van der Waals surface area contributed by atoms with E-state index in [2.05, 4.69) is 46.4 Å². The lowest BCUT2D eigenvalue weighted by atomic mass is 10.1. The molecule has 3 atom stereocenters. The first-order valence-electron chi connectivity index (χ1n) is 6.28. The zero-order valence-corrected chi connectivity index (χ0v) is 13.4. The van der Waals surface area contributed by atoms with Crippen molar-refractivity contribution >= 4 is 27.3 Å². The normalized spacial score (nSPS) is 16.0. The number of thiophene rings is 1. The van der Waals surface area contributed by atoms with Gasteiger partial charge in [0.15, 0.2) is 0 Å². The van der Waals surface area contributed by atoms with Crippen molar-refractivity contribution in [2.24, 2.45) is 5.73 Å². The first-order chi connectivity index (χ1) is 9.08. The molecular formula is C15H18BrNOS. The molecule has 1 heterocycles. The molecule has 2 rings (SSSR count). The highest BCUT2D eigenvalue weighted by Crippen LogP contribution is 2.33. The summed E-state index contributed by atoms with van der Waals surface area (Å²) in [5, 5.41) is 2.06. The number of nitrogens with two attached hydrogens (primary N) is 1. The minimum absolute atomic E-state index is 0.0260. The molecule has 0 saturated heterocycles. The van der Waals surface area contributed by atoms with Crippen LogP contribution in [0.5, 0.6) is 0 Å². The summed E-state index contributed by atoms with van der Waals surface area (Å²) < 4.78 is 7.24. The number of hydrogen-bond donors (Lipinski definition) is 1. The van der Waals surface area contributed by atoms with Gasteiger partial charge in [-0.2, -0.15) is 0 Å². The molecule has 0 bridgehead atoms. The zero-order chi connectivity index (χ0) is 13.8. The molecule has 0 aliphatic heterocycles. The van der Waals surface area contributed by atoms with Gasteiger partial charge in [-0.1, -0.05) is 30.3 Å². The lowest BCUT2D eigenvalue weighted by molar-refractivity contribution is -0.0142. The summed E-state index contributed by atoms with van der Waals surface area (Å²) in [6.07, 6.45) is -0.0513. The summed E-state index contributed by atoms with van der Waals surface area (Å²) in [7, 11) is 0. The monoisotopic (exact) mass is 339 g/mol. The van der Waals surface area contributed by atoms with Gasteiger partial charge < -0.3 is 10.5 Å². The second-order valence-corrected chi connectivity index (χ2v) is 6.49. The summed E-state index contributed by atoms with van der Waals surface area (Å²) in [5.74, 6) is 0. The van der Waals surface area contributed by atoms with E-state index in [4.69, 9.17) is 10.5 Å². The molecule has 19 heavy (non-hydrogen) atoms. The maximum atomic E-state index is 6.16. The van der Waals surface area contributed by atoms with Crippen LogP contribution in [0.1, 0.15) is 36.5 Å². The van der Waals surface area contributed by atoms with Gasteiger partial charge in [-0.3, -0.25) is 0 Å². The Morgan fingerprint density at radius 2 is 1.89 bits per heavy atom. The second-order valence-electron chi connectivity index (χ2n) is 4.64. The van der Waals surface area contributed by atoms with Gasteiger partial charge in [0.25, 0.3) is 0 Å². The number of ether oxygens (including phenoxy) is 1. The number of rotatable bonds is 5.